The Hall–Kier alpha value is -2.69. The minimum absolute atomic E-state index is 0.0648. The standard InChI is InChI=1S/C18H18N4O/c23-18(22-11-9-20-16-5-1-2-6-17(16)22)21-10-7-15(13-21)14-4-3-8-19-12-14/h1-6,8-9,12,15H,7,10-11,13H2. The molecular formula is C18H18N4O. The summed E-state index contributed by atoms with van der Waals surface area (Å²) in [7, 11) is 0. The van der Waals surface area contributed by atoms with Crippen LogP contribution in [0.2, 0.25) is 0 Å². The van der Waals surface area contributed by atoms with Crippen molar-refractivity contribution >= 4 is 23.6 Å². The van der Waals surface area contributed by atoms with E-state index in [9.17, 15) is 4.79 Å². The number of hydrogen-bond donors (Lipinski definition) is 0. The van der Waals surface area contributed by atoms with Crippen LogP contribution in [-0.4, -0.2) is 41.8 Å². The molecular weight excluding hydrogens is 288 g/mol. The van der Waals surface area contributed by atoms with E-state index in [2.05, 4.69) is 16.0 Å². The lowest BCUT2D eigenvalue weighted by Gasteiger charge is -2.29. The highest BCUT2D eigenvalue weighted by molar-refractivity contribution is 6.00. The molecule has 0 aliphatic carbocycles. The molecule has 0 saturated carbocycles. The maximum Gasteiger partial charge on any atom is 0.324 e. The highest BCUT2D eigenvalue weighted by atomic mass is 16.2. The molecule has 0 bridgehead atoms. The second-order valence-electron chi connectivity index (χ2n) is 5.91. The van der Waals surface area contributed by atoms with Crippen molar-refractivity contribution in [2.45, 2.75) is 12.3 Å². The molecule has 1 aromatic heterocycles. The minimum atomic E-state index is 0.0648. The molecule has 2 aromatic rings. The van der Waals surface area contributed by atoms with Crippen molar-refractivity contribution in [1.29, 1.82) is 0 Å². The van der Waals surface area contributed by atoms with E-state index >= 15 is 0 Å². The molecule has 1 saturated heterocycles. The van der Waals surface area contributed by atoms with Crippen LogP contribution in [0.1, 0.15) is 17.9 Å². The lowest BCUT2D eigenvalue weighted by Crippen LogP contribution is -2.43. The number of likely N-dealkylation sites (tertiary alicyclic amines) is 1. The van der Waals surface area contributed by atoms with Gasteiger partial charge in [-0.15, -0.1) is 0 Å². The Balaban J connectivity index is 1.52. The quantitative estimate of drug-likeness (QED) is 0.812. The zero-order chi connectivity index (χ0) is 15.6. The Labute approximate surface area is 135 Å². The van der Waals surface area contributed by atoms with Crippen LogP contribution in [0.3, 0.4) is 0 Å². The molecule has 2 amide bonds. The topological polar surface area (TPSA) is 48.8 Å². The van der Waals surface area contributed by atoms with Crippen LogP contribution in [0, 0.1) is 0 Å². The number of nitrogens with zero attached hydrogens (tertiary/aromatic N) is 4. The van der Waals surface area contributed by atoms with Gasteiger partial charge in [-0.1, -0.05) is 18.2 Å². The van der Waals surface area contributed by atoms with Crippen LogP contribution in [0.5, 0.6) is 0 Å². The van der Waals surface area contributed by atoms with Gasteiger partial charge >= 0.3 is 6.03 Å². The van der Waals surface area contributed by atoms with Gasteiger partial charge in [0, 0.05) is 37.6 Å². The second kappa shape index (κ2) is 5.83. The number of pyridine rings is 1. The summed E-state index contributed by atoms with van der Waals surface area (Å²) in [6.07, 6.45) is 6.47. The predicted molar refractivity (Wildman–Crippen MR) is 90.5 cm³/mol. The van der Waals surface area contributed by atoms with E-state index in [0.717, 1.165) is 30.9 Å². The maximum absolute atomic E-state index is 12.9. The zero-order valence-electron chi connectivity index (χ0n) is 12.8. The number of amides is 2. The van der Waals surface area contributed by atoms with Gasteiger partial charge in [0.2, 0.25) is 0 Å². The lowest BCUT2D eigenvalue weighted by atomic mass is 10.0. The van der Waals surface area contributed by atoms with E-state index in [0.29, 0.717) is 12.5 Å². The predicted octanol–water partition coefficient (Wildman–Crippen LogP) is 3.21. The van der Waals surface area contributed by atoms with Crippen LogP contribution >= 0.6 is 0 Å². The van der Waals surface area contributed by atoms with Crippen LogP contribution in [0.25, 0.3) is 0 Å². The summed E-state index contributed by atoms with van der Waals surface area (Å²) in [6, 6.07) is 11.9. The number of aliphatic imine (C=N–C) groups is 1. The number of fused-ring (bicyclic) bond motifs is 1. The molecule has 0 spiro atoms. The third-order valence-corrected chi connectivity index (χ3v) is 4.51. The number of hydrogen-bond acceptors (Lipinski definition) is 3. The largest absolute Gasteiger partial charge is 0.324 e. The van der Waals surface area contributed by atoms with E-state index in [-0.39, 0.29) is 6.03 Å². The van der Waals surface area contributed by atoms with Gasteiger partial charge in [-0.25, -0.2) is 4.79 Å². The summed E-state index contributed by atoms with van der Waals surface area (Å²) >= 11 is 0. The van der Waals surface area contributed by atoms with Gasteiger partial charge in [0.25, 0.3) is 0 Å². The van der Waals surface area contributed by atoms with Crippen LogP contribution < -0.4 is 4.90 Å². The number of carbonyl (C=O) groups is 1. The number of anilines is 1. The average molecular weight is 306 g/mol. The van der Waals surface area contributed by atoms with Crippen molar-refractivity contribution in [3.63, 3.8) is 0 Å². The molecule has 5 nitrogen and oxygen atoms in total. The zero-order valence-corrected chi connectivity index (χ0v) is 12.8. The summed E-state index contributed by atoms with van der Waals surface area (Å²) in [5.74, 6) is 0.376. The van der Waals surface area contributed by atoms with Crippen molar-refractivity contribution in [3.8, 4) is 0 Å². The van der Waals surface area contributed by atoms with E-state index in [1.807, 2.05) is 46.3 Å². The molecule has 23 heavy (non-hydrogen) atoms. The van der Waals surface area contributed by atoms with Gasteiger partial charge in [0.15, 0.2) is 0 Å². The molecule has 1 aromatic carbocycles. The Morgan fingerprint density at radius 3 is 2.96 bits per heavy atom. The Bertz CT molecular complexity index is 744. The number of carbonyl (C=O) groups excluding carboxylic acids is 1. The summed E-state index contributed by atoms with van der Waals surface area (Å²) < 4.78 is 0. The molecule has 5 heteroatoms. The lowest BCUT2D eigenvalue weighted by molar-refractivity contribution is 0.216. The van der Waals surface area contributed by atoms with Crippen molar-refractivity contribution in [2.24, 2.45) is 4.99 Å². The highest BCUT2D eigenvalue weighted by Gasteiger charge is 2.31. The summed E-state index contributed by atoms with van der Waals surface area (Å²) in [5, 5.41) is 0. The molecule has 0 N–H and O–H groups in total. The Morgan fingerprint density at radius 2 is 2.09 bits per heavy atom. The van der Waals surface area contributed by atoms with E-state index in [1.165, 1.54) is 5.56 Å². The smallest absolute Gasteiger partial charge is 0.324 e. The fourth-order valence-corrected chi connectivity index (χ4v) is 3.30. The van der Waals surface area contributed by atoms with Gasteiger partial charge in [0.1, 0.15) is 0 Å². The number of urea groups is 1. The number of rotatable bonds is 1. The number of benzene rings is 1. The third kappa shape index (κ3) is 2.59. The van der Waals surface area contributed by atoms with Crippen LogP contribution in [-0.2, 0) is 0 Å². The SMILES string of the molecule is O=C(N1CCC(c2cccnc2)C1)N1CC=Nc2ccccc21. The first-order valence-corrected chi connectivity index (χ1v) is 7.91. The first kappa shape index (κ1) is 13.9. The first-order valence-electron chi connectivity index (χ1n) is 7.91. The van der Waals surface area contributed by atoms with Crippen LogP contribution in [0.4, 0.5) is 16.2 Å². The van der Waals surface area contributed by atoms with Gasteiger partial charge in [-0.3, -0.25) is 14.9 Å². The average Bonchev–Trinajstić information content (AvgIpc) is 3.11. The summed E-state index contributed by atoms with van der Waals surface area (Å²) in [4.78, 5) is 25.2. The first-order chi connectivity index (χ1) is 11.3. The highest BCUT2D eigenvalue weighted by Crippen LogP contribution is 2.33. The normalized spacial score (nSPS) is 19.7. The van der Waals surface area contributed by atoms with Crippen molar-refractivity contribution in [3.05, 3.63) is 54.4 Å². The summed E-state index contributed by atoms with van der Waals surface area (Å²) in [6.45, 7) is 2.07. The maximum atomic E-state index is 12.9. The summed E-state index contributed by atoms with van der Waals surface area (Å²) in [5.41, 5.74) is 2.96. The molecule has 0 radical (unpaired) electrons. The van der Waals surface area contributed by atoms with Gasteiger partial charge < -0.3 is 4.90 Å². The molecule has 1 atom stereocenters. The molecule has 1 unspecified atom stereocenters. The Kier molecular flexibility index (Phi) is 3.54. The van der Waals surface area contributed by atoms with Gasteiger partial charge in [0.05, 0.1) is 17.9 Å². The van der Waals surface area contributed by atoms with Crippen LogP contribution in [0.15, 0.2) is 53.8 Å². The molecule has 2 aliphatic heterocycles. The van der Waals surface area contributed by atoms with E-state index < -0.39 is 0 Å². The number of para-hydroxylation sites is 2. The van der Waals surface area contributed by atoms with E-state index in [4.69, 9.17) is 0 Å². The minimum Gasteiger partial charge on any atom is -0.324 e. The van der Waals surface area contributed by atoms with Gasteiger partial charge in [-0.2, -0.15) is 0 Å². The fraction of sp³-hybridized carbons (Fsp3) is 0.278. The molecule has 4 rings (SSSR count). The van der Waals surface area contributed by atoms with Gasteiger partial charge in [-0.05, 0) is 30.2 Å². The monoisotopic (exact) mass is 306 g/mol. The van der Waals surface area contributed by atoms with Crippen molar-refractivity contribution in [2.75, 3.05) is 24.5 Å². The third-order valence-electron chi connectivity index (χ3n) is 4.51. The van der Waals surface area contributed by atoms with Crippen molar-refractivity contribution in [1.82, 2.24) is 9.88 Å². The molecule has 3 heterocycles. The fourth-order valence-electron chi connectivity index (χ4n) is 3.30. The molecule has 2 aliphatic rings. The number of aromatic nitrogens is 1. The second-order valence-corrected chi connectivity index (χ2v) is 5.91. The van der Waals surface area contributed by atoms with Crippen molar-refractivity contribution < 1.29 is 4.79 Å². The molecule has 116 valence electrons. The van der Waals surface area contributed by atoms with E-state index in [1.54, 1.807) is 12.4 Å². The molecule has 1 fully saturated rings. The Morgan fingerprint density at radius 1 is 1.17 bits per heavy atom.